The zero-order chi connectivity index (χ0) is 18.1. The Kier molecular flexibility index (Phi) is 4.59. The molecule has 0 radical (unpaired) electrons. The van der Waals surface area contributed by atoms with Crippen LogP contribution in [0.2, 0.25) is 0 Å². The van der Waals surface area contributed by atoms with E-state index in [1.54, 1.807) is 19.1 Å². The second kappa shape index (κ2) is 6.68. The average molecular weight is 401 g/mol. The third kappa shape index (κ3) is 3.56. The van der Waals surface area contributed by atoms with Crippen LogP contribution in [-0.2, 0) is 0 Å². The number of nitrogens with one attached hydrogen (secondary N) is 1. The van der Waals surface area contributed by atoms with E-state index in [0.29, 0.717) is 11.4 Å². The summed E-state index contributed by atoms with van der Waals surface area (Å²) in [6.45, 7) is 5.71. The van der Waals surface area contributed by atoms with E-state index in [2.05, 4.69) is 31.4 Å². The van der Waals surface area contributed by atoms with Gasteiger partial charge in [-0.3, -0.25) is 4.79 Å². The van der Waals surface area contributed by atoms with Gasteiger partial charge in [0.2, 0.25) is 0 Å². The summed E-state index contributed by atoms with van der Waals surface area (Å²) in [6.07, 6.45) is 0. The van der Waals surface area contributed by atoms with Gasteiger partial charge in [0, 0.05) is 4.47 Å². The van der Waals surface area contributed by atoms with E-state index in [1.165, 1.54) is 10.9 Å². The number of phenolic OH excluding ortho intramolecular Hbond substituents is 1. The van der Waals surface area contributed by atoms with Crippen LogP contribution in [-0.4, -0.2) is 26.0 Å². The predicted molar refractivity (Wildman–Crippen MR) is 99.3 cm³/mol. The first kappa shape index (κ1) is 17.2. The highest BCUT2D eigenvalue weighted by atomic mass is 79.9. The van der Waals surface area contributed by atoms with E-state index < -0.39 is 5.91 Å². The zero-order valence-corrected chi connectivity index (χ0v) is 15.6. The van der Waals surface area contributed by atoms with E-state index in [9.17, 15) is 9.90 Å². The lowest BCUT2D eigenvalue weighted by atomic mass is 10.1. The molecule has 0 spiro atoms. The fourth-order valence-electron chi connectivity index (χ4n) is 2.52. The van der Waals surface area contributed by atoms with Crippen molar-refractivity contribution in [1.82, 2.24) is 15.0 Å². The number of benzene rings is 2. The number of hydrogen-bond acceptors (Lipinski definition) is 4. The molecule has 7 heteroatoms. The summed E-state index contributed by atoms with van der Waals surface area (Å²) in [7, 11) is 0. The molecule has 1 aromatic heterocycles. The molecule has 2 N–H and O–H groups in total. The van der Waals surface area contributed by atoms with Crippen LogP contribution in [0.1, 0.15) is 27.3 Å². The molecule has 0 unspecified atom stereocenters. The monoisotopic (exact) mass is 400 g/mol. The van der Waals surface area contributed by atoms with Crippen molar-refractivity contribution >= 4 is 27.5 Å². The Morgan fingerprint density at radius 2 is 1.88 bits per heavy atom. The second-order valence-corrected chi connectivity index (χ2v) is 6.74. The van der Waals surface area contributed by atoms with Crippen molar-refractivity contribution in [2.45, 2.75) is 20.8 Å². The number of aryl methyl sites for hydroxylation is 3. The maximum absolute atomic E-state index is 12.5. The van der Waals surface area contributed by atoms with Crippen molar-refractivity contribution in [3.63, 3.8) is 0 Å². The minimum atomic E-state index is -0.425. The molecule has 2 aromatic carbocycles. The fourth-order valence-corrected chi connectivity index (χ4v) is 2.87. The van der Waals surface area contributed by atoms with Crippen molar-refractivity contribution in [1.29, 1.82) is 0 Å². The minimum absolute atomic E-state index is 0.0258. The van der Waals surface area contributed by atoms with Crippen LogP contribution in [0, 0.1) is 20.8 Å². The Hall–Kier alpha value is -2.67. The molecule has 0 aliphatic carbocycles. The Balaban J connectivity index is 1.90. The van der Waals surface area contributed by atoms with Gasteiger partial charge in [0.1, 0.15) is 5.75 Å². The fraction of sp³-hybridized carbons (Fsp3) is 0.167. The van der Waals surface area contributed by atoms with Gasteiger partial charge in [-0.05, 0) is 50.6 Å². The van der Waals surface area contributed by atoms with E-state index >= 15 is 0 Å². The molecule has 1 heterocycles. The minimum Gasteiger partial charge on any atom is -0.506 e. The van der Waals surface area contributed by atoms with Gasteiger partial charge in [-0.25, -0.2) is 0 Å². The van der Waals surface area contributed by atoms with Gasteiger partial charge in [0.15, 0.2) is 5.69 Å². The number of phenols is 1. The summed E-state index contributed by atoms with van der Waals surface area (Å²) < 4.78 is 0.722. The van der Waals surface area contributed by atoms with Crippen molar-refractivity contribution in [3.8, 4) is 11.4 Å². The molecule has 0 saturated heterocycles. The summed E-state index contributed by atoms with van der Waals surface area (Å²) >= 11 is 3.26. The topological polar surface area (TPSA) is 80.0 Å². The number of carbonyl (C=O) groups excluding carboxylic acids is 1. The quantitative estimate of drug-likeness (QED) is 0.653. The number of rotatable bonds is 3. The summed E-state index contributed by atoms with van der Waals surface area (Å²) in [5.41, 5.74) is 4.02. The second-order valence-electron chi connectivity index (χ2n) is 5.83. The van der Waals surface area contributed by atoms with E-state index in [4.69, 9.17) is 0 Å². The number of nitrogens with zero attached hydrogens (tertiary/aromatic N) is 3. The van der Waals surface area contributed by atoms with Crippen LogP contribution in [0.3, 0.4) is 0 Å². The summed E-state index contributed by atoms with van der Waals surface area (Å²) in [4.78, 5) is 14.0. The van der Waals surface area contributed by atoms with Crippen molar-refractivity contribution in [2.24, 2.45) is 0 Å². The van der Waals surface area contributed by atoms with Gasteiger partial charge in [-0.1, -0.05) is 33.6 Å². The largest absolute Gasteiger partial charge is 0.506 e. The smallest absolute Gasteiger partial charge is 0.278 e. The van der Waals surface area contributed by atoms with Crippen molar-refractivity contribution < 1.29 is 9.90 Å². The molecule has 0 atom stereocenters. The normalized spacial score (nSPS) is 10.7. The van der Waals surface area contributed by atoms with E-state index in [-0.39, 0.29) is 11.4 Å². The Morgan fingerprint density at radius 3 is 2.56 bits per heavy atom. The van der Waals surface area contributed by atoms with Gasteiger partial charge in [-0.15, -0.1) is 5.10 Å². The van der Waals surface area contributed by atoms with E-state index in [0.717, 1.165) is 21.3 Å². The van der Waals surface area contributed by atoms with Gasteiger partial charge in [-0.2, -0.15) is 9.90 Å². The lowest BCUT2D eigenvalue weighted by Gasteiger charge is -2.06. The van der Waals surface area contributed by atoms with Crippen LogP contribution in [0.15, 0.2) is 40.9 Å². The highest BCUT2D eigenvalue weighted by Gasteiger charge is 2.18. The molecule has 128 valence electrons. The third-order valence-electron chi connectivity index (χ3n) is 3.77. The number of amides is 1. The number of hydrogen-bond donors (Lipinski definition) is 2. The molecule has 0 fully saturated rings. The Labute approximate surface area is 153 Å². The first-order valence-electron chi connectivity index (χ1n) is 7.66. The molecular formula is C18H17BrN4O2. The van der Waals surface area contributed by atoms with Gasteiger partial charge in [0.25, 0.3) is 5.91 Å². The number of halogens is 1. The molecule has 1 amide bonds. The Morgan fingerprint density at radius 1 is 1.12 bits per heavy atom. The lowest BCUT2D eigenvalue weighted by molar-refractivity contribution is 0.102. The van der Waals surface area contributed by atoms with Gasteiger partial charge in [0.05, 0.1) is 17.1 Å². The SMILES string of the molecule is Cc1ccc(-n2nc(C)c(C(=O)Nc3ccc(Br)cc3O)n2)c(C)c1. The molecule has 0 bridgehead atoms. The summed E-state index contributed by atoms with van der Waals surface area (Å²) in [5, 5.41) is 21.2. The zero-order valence-electron chi connectivity index (χ0n) is 14.0. The lowest BCUT2D eigenvalue weighted by Crippen LogP contribution is -2.14. The van der Waals surface area contributed by atoms with Crippen LogP contribution in [0.25, 0.3) is 5.69 Å². The third-order valence-corrected chi connectivity index (χ3v) is 4.27. The molecule has 25 heavy (non-hydrogen) atoms. The highest BCUT2D eigenvalue weighted by molar-refractivity contribution is 9.10. The number of anilines is 1. The predicted octanol–water partition coefficient (Wildman–Crippen LogP) is 3.91. The van der Waals surface area contributed by atoms with Crippen molar-refractivity contribution in [2.75, 3.05) is 5.32 Å². The molecule has 3 aromatic rings. The van der Waals surface area contributed by atoms with Crippen LogP contribution in [0.5, 0.6) is 5.75 Å². The van der Waals surface area contributed by atoms with E-state index in [1.807, 2.05) is 32.0 Å². The number of carbonyl (C=O) groups is 1. The average Bonchev–Trinajstić information content (AvgIpc) is 2.91. The van der Waals surface area contributed by atoms with Crippen LogP contribution < -0.4 is 5.32 Å². The Bertz CT molecular complexity index is 966. The molecule has 3 rings (SSSR count). The summed E-state index contributed by atoms with van der Waals surface area (Å²) in [6, 6.07) is 10.8. The first-order chi connectivity index (χ1) is 11.8. The van der Waals surface area contributed by atoms with Gasteiger partial charge < -0.3 is 10.4 Å². The maximum atomic E-state index is 12.5. The number of aromatic nitrogens is 3. The molecular weight excluding hydrogens is 384 g/mol. The van der Waals surface area contributed by atoms with Crippen LogP contribution >= 0.6 is 15.9 Å². The molecule has 0 aliphatic heterocycles. The molecule has 0 saturated carbocycles. The highest BCUT2D eigenvalue weighted by Crippen LogP contribution is 2.27. The van der Waals surface area contributed by atoms with Crippen LogP contribution in [0.4, 0.5) is 5.69 Å². The number of aromatic hydroxyl groups is 1. The molecule has 0 aliphatic rings. The standard InChI is InChI=1S/C18H17BrN4O2/c1-10-4-7-15(11(2)8-10)23-21-12(3)17(22-23)18(25)20-14-6-5-13(19)9-16(14)24/h4-9,24H,1-3H3,(H,20,25). The first-order valence-corrected chi connectivity index (χ1v) is 8.46. The molecule has 6 nitrogen and oxygen atoms in total. The maximum Gasteiger partial charge on any atom is 0.278 e. The van der Waals surface area contributed by atoms with Gasteiger partial charge >= 0.3 is 0 Å². The van der Waals surface area contributed by atoms with Crippen molar-refractivity contribution in [3.05, 3.63) is 63.4 Å². The summed E-state index contributed by atoms with van der Waals surface area (Å²) in [5.74, 6) is -0.451.